The summed E-state index contributed by atoms with van der Waals surface area (Å²) in [6, 6.07) is 24.7. The predicted octanol–water partition coefficient (Wildman–Crippen LogP) is -0.209. The van der Waals surface area contributed by atoms with E-state index in [9.17, 15) is 5.11 Å². The molecule has 3 aliphatic carbocycles. The summed E-state index contributed by atoms with van der Waals surface area (Å²) in [4.78, 5) is 4.85. The van der Waals surface area contributed by atoms with Crippen molar-refractivity contribution in [2.75, 3.05) is 0 Å². The lowest BCUT2D eigenvalue weighted by Crippen LogP contribution is -2.59. The van der Waals surface area contributed by atoms with Gasteiger partial charge in [0.1, 0.15) is 92.1 Å². The zero-order chi connectivity index (χ0) is 46.7. The minimum atomic E-state index is -0.981. The number of benzene rings is 5. The average Bonchev–Trinajstić information content (AvgIpc) is 3.89. The molecule has 5 aromatic carbocycles. The van der Waals surface area contributed by atoms with Gasteiger partial charge in [0.15, 0.2) is 5.76 Å². The molecule has 22 radical (unpaired) electrons. The number of imidazole rings is 1. The topological polar surface area (TPSA) is 38.0 Å². The summed E-state index contributed by atoms with van der Waals surface area (Å²) >= 11 is 0. The molecule has 1 aromatic heterocycles. The van der Waals surface area contributed by atoms with E-state index in [1.54, 1.807) is 0 Å². The maximum atomic E-state index is 11.4. The largest absolute Gasteiger partial charge is 0.500 e. The Labute approximate surface area is 396 Å². The van der Waals surface area contributed by atoms with Crippen LogP contribution >= 0.6 is 0 Å². The van der Waals surface area contributed by atoms with Crippen molar-refractivity contribution in [3.05, 3.63) is 150 Å². The van der Waals surface area contributed by atoms with E-state index in [2.05, 4.69) is 59.9 Å². The van der Waals surface area contributed by atoms with Gasteiger partial charge in [0.05, 0.1) is 11.0 Å². The molecule has 284 valence electrons. The van der Waals surface area contributed by atoms with Gasteiger partial charge in [0.25, 0.3) is 0 Å². The number of para-hydroxylation sites is 2. The van der Waals surface area contributed by atoms with Gasteiger partial charge in [-0.25, -0.2) is 4.98 Å². The number of aromatic nitrogens is 2. The zero-order valence-electron chi connectivity index (χ0n) is 36.7. The average molecular weight is 807 g/mol. The predicted molar refractivity (Wildman–Crippen MR) is 280 cm³/mol. The first-order valence-electron chi connectivity index (χ1n) is 21.2. The summed E-state index contributed by atoms with van der Waals surface area (Å²) in [5.41, 5.74) is 11.7. The Morgan fingerprint density at radius 1 is 0.738 bits per heavy atom. The van der Waals surface area contributed by atoms with Crippen molar-refractivity contribution in [1.29, 1.82) is 0 Å². The van der Waals surface area contributed by atoms with E-state index < -0.39 is 17.1 Å². The van der Waals surface area contributed by atoms with Crippen molar-refractivity contribution in [2.45, 2.75) is 46.0 Å². The minimum absolute atomic E-state index is 0.0573. The second-order valence-corrected chi connectivity index (χ2v) is 17.5. The van der Waals surface area contributed by atoms with Crippen LogP contribution in [0.2, 0.25) is 0 Å². The fourth-order valence-electron chi connectivity index (χ4n) is 10.5. The Bertz CT molecular complexity index is 3440. The van der Waals surface area contributed by atoms with Crippen molar-refractivity contribution >= 4 is 152 Å². The number of rotatable bonds is 6. The van der Waals surface area contributed by atoms with Gasteiger partial charge in [-0.15, -0.1) is 44.7 Å². The van der Waals surface area contributed by atoms with Crippen LogP contribution in [0.4, 0.5) is 0 Å². The molecule has 3 nitrogen and oxygen atoms in total. The van der Waals surface area contributed by atoms with Gasteiger partial charge in [0, 0.05) is 29.0 Å². The molecule has 14 heteroatoms. The molecule has 1 atom stereocenters. The molecule has 0 saturated carbocycles. The fraction of sp³-hybridized carbons (Fsp3) is 0.157. The Morgan fingerprint density at radius 3 is 1.95 bits per heavy atom. The second kappa shape index (κ2) is 16.0. The number of allylic oxidation sites excluding steroid dienone is 8. The second-order valence-electron chi connectivity index (χ2n) is 17.5. The lowest BCUT2D eigenvalue weighted by molar-refractivity contribution is 0.441. The van der Waals surface area contributed by atoms with Gasteiger partial charge < -0.3 is 5.11 Å². The van der Waals surface area contributed by atoms with Crippen molar-refractivity contribution in [1.82, 2.24) is 9.55 Å². The van der Waals surface area contributed by atoms with Gasteiger partial charge >= 0.3 is 0 Å². The van der Waals surface area contributed by atoms with Gasteiger partial charge in [-0.2, -0.15) is 0 Å². The van der Waals surface area contributed by atoms with E-state index in [0.717, 1.165) is 45.7 Å². The van der Waals surface area contributed by atoms with E-state index in [1.807, 2.05) is 51.1 Å². The normalized spacial score (nSPS) is 17.9. The number of nitrogens with zero attached hydrogens (tertiary/aromatic N) is 2. The molecule has 1 N–H and O–H groups in total. The molecule has 65 heavy (non-hydrogen) atoms. The zero-order valence-corrected chi connectivity index (χ0v) is 36.7. The molecular weight excluding hydrogens is 776 g/mol. The highest BCUT2D eigenvalue weighted by Crippen LogP contribution is 2.52. The van der Waals surface area contributed by atoms with Gasteiger partial charge in [-0.3, -0.25) is 4.57 Å². The maximum Gasteiger partial charge on any atom is 0.175 e. The van der Waals surface area contributed by atoms with Crippen molar-refractivity contribution in [3.63, 3.8) is 0 Å². The molecule has 0 amide bonds. The van der Waals surface area contributed by atoms with Crippen LogP contribution in [-0.2, 0) is 11.8 Å². The molecule has 0 aliphatic heterocycles. The molecule has 9 rings (SSSR count). The summed E-state index contributed by atoms with van der Waals surface area (Å²) in [6.45, 7) is 7.78. The number of hydrogen-bond acceptors (Lipinski definition) is 2. The SMILES string of the molecule is [B]C(CC1=c2c(C)c([B])c([B])c([B])c2=C(c2ccc(-c3ccc(-n4c(CC)nc5ccccc54)cc3)cc2)C2=C([B])C([B])=C([B])C21)=C1/C(=C(/O)C#C)c2c([B])c([B])c([B])c([B])c2C1(C)C. The Balaban J connectivity index is 1.25. The number of aliphatic hydroxyl groups excluding tert-OH is 1. The van der Waals surface area contributed by atoms with E-state index in [-0.39, 0.29) is 50.2 Å². The molecule has 0 spiro atoms. The monoisotopic (exact) mass is 808 g/mol. The molecule has 6 aromatic rings. The summed E-state index contributed by atoms with van der Waals surface area (Å²) in [5.74, 6) is 2.28. The number of terminal acetylenes is 1. The molecule has 0 fully saturated rings. The van der Waals surface area contributed by atoms with Crippen molar-refractivity contribution in [3.8, 4) is 29.2 Å². The number of fused-ring (bicyclic) bond motifs is 4. The van der Waals surface area contributed by atoms with Crippen molar-refractivity contribution in [2.24, 2.45) is 5.92 Å². The van der Waals surface area contributed by atoms with Gasteiger partial charge in [-0.05, 0) is 104 Å². The number of aliphatic hydroxyl groups is 1. The summed E-state index contributed by atoms with van der Waals surface area (Å²) < 4.78 is 2.20. The van der Waals surface area contributed by atoms with Crippen LogP contribution in [0.3, 0.4) is 0 Å². The first kappa shape index (κ1) is 44.5. The van der Waals surface area contributed by atoms with Crippen LogP contribution in [0.1, 0.15) is 55.3 Å². The van der Waals surface area contributed by atoms with E-state index in [0.29, 0.717) is 71.3 Å². The van der Waals surface area contributed by atoms with E-state index >= 15 is 0 Å². The minimum Gasteiger partial charge on any atom is -0.500 e. The highest BCUT2D eigenvalue weighted by molar-refractivity contribution is 6.64. The highest BCUT2D eigenvalue weighted by Gasteiger charge is 2.44. The third kappa shape index (κ3) is 6.46. The Morgan fingerprint density at radius 2 is 1.32 bits per heavy atom. The highest BCUT2D eigenvalue weighted by atomic mass is 16.3. The third-order valence-corrected chi connectivity index (χ3v) is 13.6. The maximum absolute atomic E-state index is 11.4. The van der Waals surface area contributed by atoms with Gasteiger partial charge in [-0.1, -0.05) is 96.7 Å². The van der Waals surface area contributed by atoms with Crippen LogP contribution in [0.25, 0.3) is 44.6 Å². The summed E-state index contributed by atoms with van der Waals surface area (Å²) in [6.07, 6.45) is 6.71. The Kier molecular flexibility index (Phi) is 11.0. The van der Waals surface area contributed by atoms with Crippen LogP contribution < -0.4 is 48.7 Å². The van der Waals surface area contributed by atoms with Crippen LogP contribution in [0.5, 0.6) is 0 Å². The van der Waals surface area contributed by atoms with Crippen molar-refractivity contribution < 1.29 is 5.11 Å². The molecule has 1 heterocycles. The smallest absolute Gasteiger partial charge is 0.175 e. The number of hydrogen-bond donors (Lipinski definition) is 1. The Hall–Kier alpha value is -5.66. The first-order valence-corrected chi connectivity index (χ1v) is 21.2. The fourth-order valence-corrected chi connectivity index (χ4v) is 10.5. The third-order valence-electron chi connectivity index (χ3n) is 13.6. The molecule has 0 bridgehead atoms. The summed E-state index contributed by atoms with van der Waals surface area (Å²) in [5, 5.41) is 12.7. The molecule has 0 saturated heterocycles. The van der Waals surface area contributed by atoms with Crippen LogP contribution in [0.15, 0.2) is 112 Å². The molecule has 1 unspecified atom stereocenters. The van der Waals surface area contributed by atoms with Gasteiger partial charge in [0.2, 0.25) is 0 Å². The van der Waals surface area contributed by atoms with Crippen LogP contribution in [-0.4, -0.2) is 101 Å². The molecular formula is C51H31B11N2O. The quantitative estimate of drug-likeness (QED) is 0.144. The van der Waals surface area contributed by atoms with Crippen LogP contribution in [0, 0.1) is 25.2 Å². The number of aryl methyl sites for hydroxylation is 1. The standard InChI is InChI=1S/C51H31B11N2O/c1-6-30(65)35-38-40(46(58)50(62)49(61)45(38)57)51(4,5)39(35)27(52)20-26-32-21(3)41(53)47(59)43(55)36(32)33(37-34(26)42(54)48(60)44(37)56)24-14-12-22(13-15-24)23-16-18-25(19-17-23)64-29-11-9-8-10-28(29)63-31(64)7-2/h1,8-19,34,65H,7,20H2,2-5H3/b35-30+,39-27?. The summed E-state index contributed by atoms with van der Waals surface area (Å²) in [7, 11) is 74.5. The first-order chi connectivity index (χ1) is 30.9. The lowest BCUT2D eigenvalue weighted by Gasteiger charge is -2.33. The van der Waals surface area contributed by atoms with E-state index in [4.69, 9.17) is 97.7 Å². The molecule has 3 aliphatic rings. The lowest BCUT2D eigenvalue weighted by atomic mass is 9.61. The van der Waals surface area contributed by atoms with E-state index in [1.165, 1.54) is 0 Å².